The van der Waals surface area contributed by atoms with E-state index in [0.29, 0.717) is 18.7 Å². The normalized spacial score (nSPS) is 14.1. The molecule has 1 amide bonds. The Bertz CT molecular complexity index is 1230. The summed E-state index contributed by atoms with van der Waals surface area (Å²) < 4.78 is 0. The first-order valence-electron chi connectivity index (χ1n) is 10.5. The van der Waals surface area contributed by atoms with Crippen molar-refractivity contribution in [1.82, 2.24) is 19.9 Å². The van der Waals surface area contributed by atoms with Crippen molar-refractivity contribution in [1.29, 1.82) is 0 Å². The van der Waals surface area contributed by atoms with Crippen molar-refractivity contribution < 1.29 is 4.79 Å². The number of para-hydroxylation sites is 1. The van der Waals surface area contributed by atoms with Gasteiger partial charge in [-0.2, -0.15) is 0 Å². The smallest absolute Gasteiger partial charge is 0.255 e. The van der Waals surface area contributed by atoms with Gasteiger partial charge in [-0.25, -0.2) is 9.97 Å². The number of nitrogens with zero attached hydrogens (tertiary/aromatic N) is 5. The maximum absolute atomic E-state index is 13.2. The van der Waals surface area contributed by atoms with Crippen LogP contribution in [0.1, 0.15) is 16.1 Å². The quantitative estimate of drug-likeness (QED) is 0.513. The highest BCUT2D eigenvalue weighted by Gasteiger charge is 2.24. The van der Waals surface area contributed by atoms with E-state index < -0.39 is 0 Å². The zero-order valence-corrected chi connectivity index (χ0v) is 17.4. The summed E-state index contributed by atoms with van der Waals surface area (Å²) in [5, 5.41) is 0.990. The number of amides is 1. The van der Waals surface area contributed by atoms with Crippen LogP contribution in [0.4, 0.5) is 5.82 Å². The molecule has 0 saturated carbocycles. The van der Waals surface area contributed by atoms with Gasteiger partial charge in [0.1, 0.15) is 5.82 Å². The summed E-state index contributed by atoms with van der Waals surface area (Å²) in [5.41, 5.74) is 3.37. The molecule has 4 aromatic rings. The second-order valence-corrected chi connectivity index (χ2v) is 7.70. The van der Waals surface area contributed by atoms with Crippen molar-refractivity contribution in [2.24, 2.45) is 0 Å². The molecule has 5 rings (SSSR count). The molecule has 0 unspecified atom stereocenters. The van der Waals surface area contributed by atoms with E-state index in [9.17, 15) is 4.79 Å². The van der Waals surface area contributed by atoms with Crippen molar-refractivity contribution in [2.45, 2.75) is 6.92 Å². The average Bonchev–Trinajstić information content (AvgIpc) is 2.84. The Morgan fingerprint density at radius 3 is 2.42 bits per heavy atom. The predicted octanol–water partition coefficient (Wildman–Crippen LogP) is 3.96. The number of hydrogen-bond donors (Lipinski definition) is 0. The molecule has 6 nitrogen and oxygen atoms in total. The van der Waals surface area contributed by atoms with Crippen molar-refractivity contribution >= 4 is 22.6 Å². The summed E-state index contributed by atoms with van der Waals surface area (Å²) in [6, 6.07) is 21.8. The lowest BCUT2D eigenvalue weighted by molar-refractivity contribution is 0.0745. The van der Waals surface area contributed by atoms with Gasteiger partial charge in [0.2, 0.25) is 0 Å². The minimum absolute atomic E-state index is 0.0445. The van der Waals surface area contributed by atoms with Gasteiger partial charge in [0.05, 0.1) is 16.8 Å². The fourth-order valence-electron chi connectivity index (χ4n) is 3.99. The molecule has 1 aliphatic rings. The first-order chi connectivity index (χ1) is 15.2. The molecule has 3 heterocycles. The summed E-state index contributed by atoms with van der Waals surface area (Å²) in [5.74, 6) is 1.65. The number of fused-ring (bicyclic) bond motifs is 1. The van der Waals surface area contributed by atoms with Crippen molar-refractivity contribution in [3.8, 4) is 11.4 Å². The molecule has 6 heteroatoms. The molecule has 0 aliphatic carbocycles. The molecule has 0 spiro atoms. The Morgan fingerprint density at radius 2 is 1.61 bits per heavy atom. The van der Waals surface area contributed by atoms with E-state index >= 15 is 0 Å². The molecule has 0 radical (unpaired) electrons. The summed E-state index contributed by atoms with van der Waals surface area (Å²) in [4.78, 5) is 31.1. The number of benzene rings is 2. The van der Waals surface area contributed by atoms with Crippen LogP contribution in [-0.2, 0) is 0 Å². The Hall–Kier alpha value is -3.80. The lowest BCUT2D eigenvalue weighted by Crippen LogP contribution is -2.49. The van der Waals surface area contributed by atoms with E-state index in [2.05, 4.69) is 14.9 Å². The Morgan fingerprint density at radius 1 is 0.871 bits per heavy atom. The molecular formula is C25H23N5O. The molecule has 31 heavy (non-hydrogen) atoms. The predicted molar refractivity (Wildman–Crippen MR) is 122 cm³/mol. The zero-order valence-electron chi connectivity index (χ0n) is 17.4. The fraction of sp³-hybridized carbons (Fsp3) is 0.200. The van der Waals surface area contributed by atoms with Gasteiger partial charge in [0.15, 0.2) is 5.82 Å². The monoisotopic (exact) mass is 409 g/mol. The van der Waals surface area contributed by atoms with Crippen LogP contribution in [0, 0.1) is 6.92 Å². The highest BCUT2D eigenvalue weighted by atomic mass is 16.2. The number of carbonyl (C=O) groups is 1. The molecule has 154 valence electrons. The minimum atomic E-state index is 0.0445. The highest BCUT2D eigenvalue weighted by molar-refractivity contribution is 5.98. The summed E-state index contributed by atoms with van der Waals surface area (Å²) in [6.45, 7) is 4.67. The first-order valence-corrected chi connectivity index (χ1v) is 10.5. The highest BCUT2D eigenvalue weighted by Crippen LogP contribution is 2.21. The third kappa shape index (κ3) is 3.84. The number of aromatic nitrogens is 3. The molecule has 1 saturated heterocycles. The number of piperazine rings is 1. The molecule has 2 aromatic carbocycles. The summed E-state index contributed by atoms with van der Waals surface area (Å²) in [7, 11) is 0. The Kier molecular flexibility index (Phi) is 5.04. The van der Waals surface area contributed by atoms with Crippen LogP contribution in [0.5, 0.6) is 0 Å². The molecule has 0 N–H and O–H groups in total. The van der Waals surface area contributed by atoms with Gasteiger partial charge in [-0.15, -0.1) is 0 Å². The Balaban J connectivity index is 1.31. The Labute approximate surface area is 181 Å². The number of pyridine rings is 1. The van der Waals surface area contributed by atoms with Gasteiger partial charge in [0.25, 0.3) is 5.91 Å². The van der Waals surface area contributed by atoms with Crippen molar-refractivity contribution in [3.05, 3.63) is 84.2 Å². The molecular weight excluding hydrogens is 386 g/mol. The molecule has 2 aromatic heterocycles. The van der Waals surface area contributed by atoms with Crippen LogP contribution in [0.25, 0.3) is 22.3 Å². The lowest BCUT2D eigenvalue weighted by Gasteiger charge is -2.35. The molecule has 0 atom stereocenters. The number of anilines is 1. The van der Waals surface area contributed by atoms with Crippen LogP contribution < -0.4 is 4.90 Å². The van der Waals surface area contributed by atoms with Gasteiger partial charge < -0.3 is 9.80 Å². The van der Waals surface area contributed by atoms with Crippen LogP contribution in [0.3, 0.4) is 0 Å². The first kappa shape index (κ1) is 19.2. The van der Waals surface area contributed by atoms with Gasteiger partial charge in [-0.3, -0.25) is 9.78 Å². The van der Waals surface area contributed by atoms with E-state index in [1.807, 2.05) is 78.6 Å². The fourth-order valence-corrected chi connectivity index (χ4v) is 3.99. The van der Waals surface area contributed by atoms with E-state index in [1.54, 1.807) is 6.20 Å². The maximum atomic E-state index is 13.2. The van der Waals surface area contributed by atoms with Crippen molar-refractivity contribution in [2.75, 3.05) is 31.1 Å². The van der Waals surface area contributed by atoms with E-state index in [-0.39, 0.29) is 5.91 Å². The average molecular weight is 409 g/mol. The number of aryl methyl sites for hydroxylation is 1. The van der Waals surface area contributed by atoms with Gasteiger partial charge in [-0.1, -0.05) is 48.5 Å². The SMILES string of the molecule is Cc1nc2ccccc2cc1C(=O)N1CCN(c2ccnc(-c3ccccc3)n2)CC1. The number of hydrogen-bond acceptors (Lipinski definition) is 5. The topological polar surface area (TPSA) is 62.2 Å². The molecule has 0 bridgehead atoms. The van der Waals surface area contributed by atoms with E-state index in [4.69, 9.17) is 4.98 Å². The third-order valence-electron chi connectivity index (χ3n) is 5.71. The van der Waals surface area contributed by atoms with Crippen LogP contribution in [-0.4, -0.2) is 51.9 Å². The number of rotatable bonds is 3. The summed E-state index contributed by atoms with van der Waals surface area (Å²) >= 11 is 0. The lowest BCUT2D eigenvalue weighted by atomic mass is 10.1. The van der Waals surface area contributed by atoms with E-state index in [1.165, 1.54) is 0 Å². The van der Waals surface area contributed by atoms with Gasteiger partial charge in [0, 0.05) is 43.3 Å². The van der Waals surface area contributed by atoms with Crippen LogP contribution in [0.2, 0.25) is 0 Å². The number of carbonyl (C=O) groups excluding carboxylic acids is 1. The standard InChI is InChI=1S/C25H23N5O/c1-18-21(17-20-9-5-6-10-22(20)27-18)25(31)30-15-13-29(14-16-30)23-11-12-26-24(28-23)19-7-3-2-4-8-19/h2-12,17H,13-16H2,1H3. The van der Waals surface area contributed by atoms with Gasteiger partial charge in [-0.05, 0) is 25.1 Å². The van der Waals surface area contributed by atoms with Crippen molar-refractivity contribution in [3.63, 3.8) is 0 Å². The van der Waals surface area contributed by atoms with Crippen LogP contribution in [0.15, 0.2) is 72.9 Å². The maximum Gasteiger partial charge on any atom is 0.255 e. The van der Waals surface area contributed by atoms with Crippen LogP contribution >= 0.6 is 0 Å². The molecule has 1 aliphatic heterocycles. The van der Waals surface area contributed by atoms with E-state index in [0.717, 1.165) is 46.9 Å². The molecule has 1 fully saturated rings. The second kappa shape index (κ2) is 8.14. The third-order valence-corrected chi connectivity index (χ3v) is 5.71. The minimum Gasteiger partial charge on any atom is -0.353 e. The van der Waals surface area contributed by atoms with Gasteiger partial charge >= 0.3 is 0 Å². The largest absolute Gasteiger partial charge is 0.353 e. The summed E-state index contributed by atoms with van der Waals surface area (Å²) in [6.07, 6.45) is 1.80. The zero-order chi connectivity index (χ0) is 21.2. The second-order valence-electron chi connectivity index (χ2n) is 7.70.